The number of benzene rings is 2. The Morgan fingerprint density at radius 1 is 0.903 bits per heavy atom. The van der Waals surface area contributed by atoms with Gasteiger partial charge < -0.3 is 14.4 Å². The Hall–Kier alpha value is -3.65. The van der Waals surface area contributed by atoms with E-state index in [2.05, 4.69) is 19.9 Å². The molecule has 5 rings (SSSR count). The predicted molar refractivity (Wildman–Crippen MR) is 118 cm³/mol. The molecule has 0 spiro atoms. The number of anilines is 2. The zero-order valence-electron chi connectivity index (χ0n) is 16.5. The lowest BCUT2D eigenvalue weighted by Crippen LogP contribution is -2.11. The fraction of sp³-hybridized carbons (Fsp3) is 0.0870. The number of hydrogen-bond acceptors (Lipinski definition) is 7. The van der Waals surface area contributed by atoms with Crippen molar-refractivity contribution in [2.24, 2.45) is 0 Å². The lowest BCUT2D eigenvalue weighted by Gasteiger charge is -2.19. The van der Waals surface area contributed by atoms with Crippen molar-refractivity contribution in [1.82, 2.24) is 15.0 Å². The third-order valence-corrected chi connectivity index (χ3v) is 5.90. The molecular formula is C23H17FN4O2S. The van der Waals surface area contributed by atoms with Crippen molar-refractivity contribution in [2.75, 3.05) is 17.9 Å². The molecule has 2 aromatic carbocycles. The fourth-order valence-corrected chi connectivity index (χ4v) is 4.47. The highest BCUT2D eigenvalue weighted by atomic mass is 32.2. The van der Waals surface area contributed by atoms with Crippen molar-refractivity contribution in [3.63, 3.8) is 0 Å². The van der Waals surface area contributed by atoms with Gasteiger partial charge in [-0.25, -0.2) is 19.3 Å². The number of halogens is 1. The first-order valence-electron chi connectivity index (χ1n) is 9.52. The molecular weight excluding hydrogens is 415 g/mol. The van der Waals surface area contributed by atoms with E-state index in [9.17, 15) is 4.39 Å². The quantitative estimate of drug-likeness (QED) is 0.402. The molecule has 0 saturated heterocycles. The Labute approximate surface area is 182 Å². The van der Waals surface area contributed by atoms with Gasteiger partial charge in [0.15, 0.2) is 0 Å². The smallest absolute Gasteiger partial charge is 0.246 e. The highest BCUT2D eigenvalue weighted by Crippen LogP contribution is 2.44. The number of methoxy groups -OCH3 is 1. The van der Waals surface area contributed by atoms with Crippen molar-refractivity contribution in [2.45, 2.75) is 4.90 Å². The van der Waals surface area contributed by atoms with Gasteiger partial charge in [-0.05, 0) is 48.5 Å². The van der Waals surface area contributed by atoms with E-state index in [-0.39, 0.29) is 5.82 Å². The topological polar surface area (TPSA) is 60.4 Å². The zero-order valence-corrected chi connectivity index (χ0v) is 17.3. The third-order valence-electron chi connectivity index (χ3n) is 4.82. The largest absolute Gasteiger partial charge is 0.481 e. The van der Waals surface area contributed by atoms with E-state index in [4.69, 9.17) is 9.47 Å². The first-order chi connectivity index (χ1) is 15.2. The van der Waals surface area contributed by atoms with Gasteiger partial charge in [-0.1, -0.05) is 17.8 Å². The highest BCUT2D eigenvalue weighted by Gasteiger charge is 2.24. The maximum Gasteiger partial charge on any atom is 0.246 e. The van der Waals surface area contributed by atoms with Gasteiger partial charge in [0.05, 0.1) is 29.1 Å². The summed E-state index contributed by atoms with van der Waals surface area (Å²) in [5.41, 5.74) is 3.06. The van der Waals surface area contributed by atoms with Crippen LogP contribution in [0, 0.1) is 5.82 Å². The van der Waals surface area contributed by atoms with E-state index >= 15 is 0 Å². The number of thioether (sulfide) groups is 1. The normalized spacial score (nSPS) is 12.5. The maximum atomic E-state index is 14.0. The molecule has 0 N–H and O–H groups in total. The van der Waals surface area contributed by atoms with Gasteiger partial charge in [-0.15, -0.1) is 0 Å². The molecule has 4 aromatic rings. The fourth-order valence-electron chi connectivity index (χ4n) is 3.39. The van der Waals surface area contributed by atoms with Crippen molar-refractivity contribution in [1.29, 1.82) is 0 Å². The molecule has 0 saturated carbocycles. The highest BCUT2D eigenvalue weighted by molar-refractivity contribution is 7.99. The van der Waals surface area contributed by atoms with E-state index < -0.39 is 0 Å². The summed E-state index contributed by atoms with van der Waals surface area (Å²) < 4.78 is 25.4. The molecule has 0 atom stereocenters. The molecule has 0 amide bonds. The van der Waals surface area contributed by atoms with Gasteiger partial charge in [0.2, 0.25) is 11.8 Å². The summed E-state index contributed by atoms with van der Waals surface area (Å²) in [5.74, 6) is 1.88. The van der Waals surface area contributed by atoms with E-state index in [1.54, 1.807) is 37.8 Å². The second-order valence-corrected chi connectivity index (χ2v) is 7.61. The summed E-state index contributed by atoms with van der Waals surface area (Å²) in [7, 11) is 1.56. The molecule has 1 aliphatic rings. The molecule has 3 heterocycles. The van der Waals surface area contributed by atoms with Crippen LogP contribution in [0.5, 0.6) is 17.5 Å². The van der Waals surface area contributed by atoms with E-state index in [0.29, 0.717) is 39.5 Å². The average Bonchev–Trinajstić information content (AvgIpc) is 3.25. The van der Waals surface area contributed by atoms with Gasteiger partial charge in [-0.2, -0.15) is 0 Å². The minimum atomic E-state index is -0.189. The standard InChI is InChI=1S/C23H17FN4O2S/c1-29-22-17(4-3-11-26-22)20-23(27-13-12-25-20)30-16-9-7-15(8-10-16)28-14-31-21-18(24)5-2-6-19(21)28/h2-13H,14H2,1H3. The predicted octanol–water partition coefficient (Wildman–Crippen LogP) is 5.68. The number of aromatic nitrogens is 3. The van der Waals surface area contributed by atoms with Crippen molar-refractivity contribution in [3.8, 4) is 28.8 Å². The second-order valence-electron chi connectivity index (χ2n) is 6.66. The third kappa shape index (κ3) is 3.66. The Balaban J connectivity index is 1.42. The van der Waals surface area contributed by atoms with Crippen LogP contribution in [0.2, 0.25) is 0 Å². The Bertz CT molecular complexity index is 1240. The minimum Gasteiger partial charge on any atom is -0.481 e. The summed E-state index contributed by atoms with van der Waals surface area (Å²) in [6, 6.07) is 16.4. The van der Waals surface area contributed by atoms with Crippen LogP contribution >= 0.6 is 11.8 Å². The van der Waals surface area contributed by atoms with Gasteiger partial charge in [0.25, 0.3) is 0 Å². The average molecular weight is 432 g/mol. The van der Waals surface area contributed by atoms with Crippen LogP contribution in [-0.4, -0.2) is 27.9 Å². The number of ether oxygens (including phenoxy) is 2. The Morgan fingerprint density at radius 3 is 2.55 bits per heavy atom. The summed E-state index contributed by atoms with van der Waals surface area (Å²) in [6.45, 7) is 0. The van der Waals surface area contributed by atoms with Crippen molar-refractivity contribution < 1.29 is 13.9 Å². The molecule has 1 aliphatic heterocycles. The van der Waals surface area contributed by atoms with E-state index in [0.717, 1.165) is 11.4 Å². The molecule has 8 heteroatoms. The number of nitrogens with zero attached hydrogens (tertiary/aromatic N) is 4. The second kappa shape index (κ2) is 8.23. The van der Waals surface area contributed by atoms with Crippen LogP contribution in [0.15, 0.2) is 78.1 Å². The minimum absolute atomic E-state index is 0.189. The SMILES string of the molecule is COc1ncccc1-c1nccnc1Oc1ccc(N2CSc3c(F)cccc32)cc1. The van der Waals surface area contributed by atoms with Gasteiger partial charge >= 0.3 is 0 Å². The summed E-state index contributed by atoms with van der Waals surface area (Å²) in [5, 5.41) is 0. The zero-order chi connectivity index (χ0) is 21.2. The molecule has 31 heavy (non-hydrogen) atoms. The maximum absolute atomic E-state index is 14.0. The summed E-state index contributed by atoms with van der Waals surface area (Å²) >= 11 is 1.49. The molecule has 0 unspecified atom stereocenters. The summed E-state index contributed by atoms with van der Waals surface area (Å²) in [4.78, 5) is 15.7. The Kier molecular flexibility index (Phi) is 5.13. The number of hydrogen-bond donors (Lipinski definition) is 0. The first kappa shape index (κ1) is 19.3. The van der Waals surface area contributed by atoms with Gasteiger partial charge in [0, 0.05) is 24.3 Å². The molecule has 2 aromatic heterocycles. The molecule has 0 fully saturated rings. The molecule has 0 radical (unpaired) electrons. The van der Waals surface area contributed by atoms with E-state index in [1.165, 1.54) is 17.8 Å². The molecule has 154 valence electrons. The Morgan fingerprint density at radius 2 is 1.71 bits per heavy atom. The van der Waals surface area contributed by atoms with Crippen LogP contribution in [0.25, 0.3) is 11.3 Å². The molecule has 0 aliphatic carbocycles. The number of rotatable bonds is 5. The monoisotopic (exact) mass is 432 g/mol. The van der Waals surface area contributed by atoms with Gasteiger partial charge in [0.1, 0.15) is 17.3 Å². The number of pyridine rings is 1. The molecule has 0 bridgehead atoms. The van der Waals surface area contributed by atoms with Gasteiger partial charge in [-0.3, -0.25) is 0 Å². The lowest BCUT2D eigenvalue weighted by atomic mass is 10.2. The van der Waals surface area contributed by atoms with E-state index in [1.807, 2.05) is 36.4 Å². The first-order valence-corrected chi connectivity index (χ1v) is 10.5. The van der Waals surface area contributed by atoms with Crippen molar-refractivity contribution in [3.05, 3.63) is 79.0 Å². The summed E-state index contributed by atoms with van der Waals surface area (Å²) in [6.07, 6.45) is 4.82. The lowest BCUT2D eigenvalue weighted by molar-refractivity contribution is 0.398. The van der Waals surface area contributed by atoms with Crippen LogP contribution < -0.4 is 14.4 Å². The van der Waals surface area contributed by atoms with Crippen molar-refractivity contribution >= 4 is 23.1 Å². The van der Waals surface area contributed by atoms with Crippen LogP contribution in [0.3, 0.4) is 0 Å². The van der Waals surface area contributed by atoms with Crippen LogP contribution in [-0.2, 0) is 0 Å². The number of fused-ring (bicyclic) bond motifs is 1. The molecule has 6 nitrogen and oxygen atoms in total. The van der Waals surface area contributed by atoms with Crippen LogP contribution in [0.1, 0.15) is 0 Å². The van der Waals surface area contributed by atoms with Crippen LogP contribution in [0.4, 0.5) is 15.8 Å².